The Morgan fingerprint density at radius 1 is 0.780 bits per heavy atom. The topological polar surface area (TPSA) is 218 Å². The van der Waals surface area contributed by atoms with Gasteiger partial charge in [-0.2, -0.15) is 4.98 Å². The van der Waals surface area contributed by atoms with Gasteiger partial charge in [-0.05, 0) is 35.2 Å². The van der Waals surface area contributed by atoms with Crippen LogP contribution in [0, 0.1) is 0 Å². The zero-order valence-corrected chi connectivity index (χ0v) is 34.4. The molecule has 5 aromatic rings. The number of aliphatic carboxylic acids is 1. The summed E-state index contributed by atoms with van der Waals surface area (Å²) in [4.78, 5) is 32.9. The molecule has 314 valence electrons. The maximum absolute atomic E-state index is 13.5. The third-order valence-corrected chi connectivity index (χ3v) is 8.97. The summed E-state index contributed by atoms with van der Waals surface area (Å²) in [6, 6.07) is 20.5. The van der Waals surface area contributed by atoms with Gasteiger partial charge in [0.25, 0.3) is 0 Å². The van der Waals surface area contributed by atoms with Crippen LogP contribution in [0.3, 0.4) is 0 Å². The van der Waals surface area contributed by atoms with Gasteiger partial charge in [-0.3, -0.25) is 9.52 Å². The number of carboxylic acid groups (broad SMARTS) is 1. The number of carbonyl (C=O) groups is 2. The zero-order valence-electron chi connectivity index (χ0n) is 33.6. The van der Waals surface area contributed by atoms with Crippen molar-refractivity contribution in [2.75, 3.05) is 74.2 Å². The van der Waals surface area contributed by atoms with Crippen LogP contribution in [0.4, 0.5) is 33.5 Å². The Bertz CT molecular complexity index is 2370. The van der Waals surface area contributed by atoms with E-state index in [0.717, 1.165) is 11.8 Å². The molecule has 0 atom stereocenters. The molecule has 0 saturated carbocycles. The van der Waals surface area contributed by atoms with Gasteiger partial charge in [-0.25, -0.2) is 18.2 Å². The monoisotopic (exact) mass is 832 g/mol. The second-order valence-corrected chi connectivity index (χ2v) is 15.8. The third-order valence-electron chi connectivity index (χ3n) is 8.38. The van der Waals surface area contributed by atoms with Crippen molar-refractivity contribution in [3.63, 3.8) is 0 Å². The van der Waals surface area contributed by atoms with E-state index in [9.17, 15) is 18.0 Å². The number of ether oxygens (including phenoxy) is 6. The lowest BCUT2D eigenvalue weighted by Crippen LogP contribution is -2.22. The van der Waals surface area contributed by atoms with E-state index >= 15 is 0 Å². The molecule has 0 aliphatic heterocycles. The van der Waals surface area contributed by atoms with Crippen molar-refractivity contribution in [2.24, 2.45) is 0 Å². The van der Waals surface area contributed by atoms with Gasteiger partial charge >= 0.3 is 12.0 Å². The summed E-state index contributed by atoms with van der Waals surface area (Å²) >= 11 is 0. The lowest BCUT2D eigenvalue weighted by Gasteiger charge is -2.24. The fourth-order valence-corrected chi connectivity index (χ4v) is 6.19. The molecule has 0 unspecified atom stereocenters. The minimum atomic E-state index is -3.65. The van der Waals surface area contributed by atoms with Gasteiger partial charge in [0.1, 0.15) is 23.9 Å². The van der Waals surface area contributed by atoms with Gasteiger partial charge in [0.2, 0.25) is 21.9 Å². The number of nitrogens with one attached hydrogen (secondary N) is 4. The Morgan fingerprint density at radius 2 is 1.46 bits per heavy atom. The predicted octanol–water partition coefficient (Wildman–Crippen LogP) is 7.38. The first-order chi connectivity index (χ1) is 28.1. The number of benzene rings is 4. The van der Waals surface area contributed by atoms with E-state index in [0.29, 0.717) is 52.6 Å². The van der Waals surface area contributed by atoms with Crippen LogP contribution in [0.2, 0.25) is 0 Å². The van der Waals surface area contributed by atoms with Gasteiger partial charge in [0, 0.05) is 46.9 Å². The molecule has 18 heteroatoms. The summed E-state index contributed by atoms with van der Waals surface area (Å²) in [6.45, 7) is 7.17. The number of amides is 2. The number of nitrogens with zero attached hydrogens (tertiary/aromatic N) is 2. The molecule has 0 aliphatic carbocycles. The molecule has 5 rings (SSSR count). The van der Waals surface area contributed by atoms with Gasteiger partial charge in [-0.15, -0.1) is 0 Å². The van der Waals surface area contributed by atoms with Crippen molar-refractivity contribution in [3.8, 4) is 28.9 Å². The number of hydrogen-bond acceptors (Lipinski definition) is 13. The molecule has 17 nitrogen and oxygen atoms in total. The predicted molar refractivity (Wildman–Crippen MR) is 225 cm³/mol. The highest BCUT2D eigenvalue weighted by Crippen LogP contribution is 2.40. The van der Waals surface area contributed by atoms with Crippen LogP contribution in [0.25, 0.3) is 10.8 Å². The van der Waals surface area contributed by atoms with Crippen LogP contribution >= 0.6 is 0 Å². The Labute approximate surface area is 342 Å². The average molecular weight is 833 g/mol. The summed E-state index contributed by atoms with van der Waals surface area (Å²) in [5, 5.41) is 18.9. The van der Waals surface area contributed by atoms with E-state index in [1.54, 1.807) is 61.8 Å². The van der Waals surface area contributed by atoms with Crippen molar-refractivity contribution >= 4 is 61.5 Å². The zero-order chi connectivity index (χ0) is 42.6. The maximum atomic E-state index is 13.5. The fraction of sp³-hybridized carbons (Fsp3) is 0.317. The molecule has 0 saturated heterocycles. The van der Waals surface area contributed by atoms with E-state index < -0.39 is 22.0 Å². The molecule has 0 bridgehead atoms. The Hall–Kier alpha value is -6.37. The van der Waals surface area contributed by atoms with Gasteiger partial charge in [-0.1, -0.05) is 45.0 Å². The van der Waals surface area contributed by atoms with E-state index in [-0.39, 0.29) is 60.6 Å². The summed E-state index contributed by atoms with van der Waals surface area (Å²) < 4.78 is 60.6. The molecule has 0 spiro atoms. The SMILES string of the molecule is COc1cc(Nc2nccc(Oc3ccc(NC(=O)Nc4cc(C(C)(C)C)cc(NS(C)(=O)=O)c4OC)c4ccccc34)n2)cc(OCCOCCOCCC(=O)O)c1. The highest BCUT2D eigenvalue weighted by Gasteiger charge is 2.23. The number of carboxylic acids is 1. The summed E-state index contributed by atoms with van der Waals surface area (Å²) in [5.74, 6) is 1.25. The lowest BCUT2D eigenvalue weighted by molar-refractivity contribution is -0.138. The molecule has 5 N–H and O–H groups in total. The quantitative estimate of drug-likeness (QED) is 0.0484. The van der Waals surface area contributed by atoms with Crippen LogP contribution in [-0.2, 0) is 29.7 Å². The van der Waals surface area contributed by atoms with Crippen molar-refractivity contribution in [3.05, 3.63) is 84.6 Å². The number of aromatic nitrogens is 2. The number of methoxy groups -OCH3 is 2. The standard InChI is InChI=1S/C41H48N6O11S/c1-41(2,3)26-21-33(38(54-5)34(22-26)47-59(6,51)52)45-40(50)44-32-11-12-35(31-10-8-7-9-30(31)32)58-36-13-15-42-39(46-36)43-27-23-28(53-4)25-29(24-27)57-20-19-56-18-17-55-16-14-37(48)49/h7-13,15,21-25,47H,14,16-20H2,1-6H3,(H,48,49)(H,42,43,46)(H2,44,45,50). The first kappa shape index (κ1) is 43.7. The van der Waals surface area contributed by atoms with Crippen molar-refractivity contribution < 1.29 is 51.5 Å². The van der Waals surface area contributed by atoms with E-state index in [1.165, 1.54) is 7.11 Å². The number of anilines is 5. The van der Waals surface area contributed by atoms with Crippen LogP contribution in [0.15, 0.2) is 79.0 Å². The van der Waals surface area contributed by atoms with Gasteiger partial charge in [0.15, 0.2) is 5.75 Å². The number of urea groups is 1. The molecule has 4 aromatic carbocycles. The number of hydrogen-bond donors (Lipinski definition) is 5. The molecule has 59 heavy (non-hydrogen) atoms. The summed E-state index contributed by atoms with van der Waals surface area (Å²) in [7, 11) is -0.718. The summed E-state index contributed by atoms with van der Waals surface area (Å²) in [5.41, 5.74) is 1.94. The second kappa shape index (κ2) is 19.9. The average Bonchev–Trinajstić information content (AvgIpc) is 3.17. The number of rotatable bonds is 20. The van der Waals surface area contributed by atoms with Crippen LogP contribution in [0.1, 0.15) is 32.8 Å². The molecule has 0 aliphatic rings. The minimum Gasteiger partial charge on any atom is -0.497 e. The first-order valence-corrected chi connectivity index (χ1v) is 20.3. The molecule has 2 amide bonds. The number of fused-ring (bicyclic) bond motifs is 1. The van der Waals surface area contributed by atoms with Crippen molar-refractivity contribution in [1.29, 1.82) is 0 Å². The molecule has 1 aromatic heterocycles. The van der Waals surface area contributed by atoms with Crippen molar-refractivity contribution in [2.45, 2.75) is 32.6 Å². The smallest absolute Gasteiger partial charge is 0.323 e. The lowest BCUT2D eigenvalue weighted by atomic mass is 9.86. The molecular formula is C41H48N6O11S. The Kier molecular flexibility index (Phi) is 14.7. The number of sulfonamides is 1. The van der Waals surface area contributed by atoms with Crippen molar-refractivity contribution in [1.82, 2.24) is 9.97 Å². The Balaban J connectivity index is 1.26. The highest BCUT2D eigenvalue weighted by molar-refractivity contribution is 7.92. The minimum absolute atomic E-state index is 0.0594. The largest absolute Gasteiger partial charge is 0.497 e. The van der Waals surface area contributed by atoms with E-state index in [1.807, 2.05) is 45.0 Å². The molecule has 1 heterocycles. The molecule has 0 fully saturated rings. The Morgan fingerprint density at radius 3 is 2.15 bits per heavy atom. The van der Waals surface area contributed by atoms with Crippen LogP contribution in [0.5, 0.6) is 28.9 Å². The van der Waals surface area contributed by atoms with E-state index in [2.05, 4.69) is 30.6 Å². The van der Waals surface area contributed by atoms with Crippen LogP contribution in [-0.4, -0.2) is 89.0 Å². The highest BCUT2D eigenvalue weighted by atomic mass is 32.2. The molecule has 0 radical (unpaired) electrons. The second-order valence-electron chi connectivity index (χ2n) is 14.0. The normalized spacial score (nSPS) is 11.4. The third kappa shape index (κ3) is 13.1. The van der Waals surface area contributed by atoms with E-state index in [4.69, 9.17) is 33.5 Å². The maximum Gasteiger partial charge on any atom is 0.323 e. The molecular weight excluding hydrogens is 785 g/mol. The van der Waals surface area contributed by atoms with Crippen LogP contribution < -0.4 is 39.6 Å². The fourth-order valence-electron chi connectivity index (χ4n) is 5.64. The first-order valence-electron chi connectivity index (χ1n) is 18.4. The number of carbonyl (C=O) groups excluding carboxylic acids is 1. The van der Waals surface area contributed by atoms with Gasteiger partial charge < -0.3 is 49.5 Å². The summed E-state index contributed by atoms with van der Waals surface area (Å²) in [6.07, 6.45) is 2.53. The van der Waals surface area contributed by atoms with Gasteiger partial charge in [0.05, 0.1) is 70.4 Å².